The van der Waals surface area contributed by atoms with Crippen LogP contribution in [0.1, 0.15) is 28.5 Å². The van der Waals surface area contributed by atoms with Crippen molar-refractivity contribution in [2.24, 2.45) is 0 Å². The fourth-order valence-corrected chi connectivity index (χ4v) is 4.75. The summed E-state index contributed by atoms with van der Waals surface area (Å²) in [6.45, 7) is 4.83. The molecule has 2 unspecified atom stereocenters. The second-order valence-corrected chi connectivity index (χ2v) is 8.56. The number of alkyl halides is 1. The minimum Gasteiger partial charge on any atom is -0.301 e. The van der Waals surface area contributed by atoms with E-state index in [1.807, 2.05) is 7.05 Å². The number of hydrogen-bond acceptors (Lipinski definition) is 3. The number of likely N-dealkylation sites (N-methyl/N-ethyl adjacent to an activating group) is 1. The molecule has 0 aliphatic carbocycles. The largest absolute Gasteiger partial charge is 0.301 e. The van der Waals surface area contributed by atoms with Gasteiger partial charge in [-0.3, -0.25) is 0 Å². The summed E-state index contributed by atoms with van der Waals surface area (Å²) in [5.74, 6) is 0.568. The highest BCUT2D eigenvalue weighted by Gasteiger charge is 2.31. The first-order chi connectivity index (χ1) is 9.28. The Kier molecular flexibility index (Phi) is 4.77. The number of hydrogen-bond donors (Lipinski definition) is 0. The monoisotopic (exact) mass is 315 g/mol. The summed E-state index contributed by atoms with van der Waals surface area (Å²) in [6, 6.07) is 6.36. The number of sulfone groups is 1. The lowest BCUT2D eigenvalue weighted by molar-refractivity contribution is 0.262. The Morgan fingerprint density at radius 2 is 2.05 bits per heavy atom. The third-order valence-corrected chi connectivity index (χ3v) is 6.31. The first-order valence-corrected chi connectivity index (χ1v) is 9.16. The molecule has 1 fully saturated rings. The summed E-state index contributed by atoms with van der Waals surface area (Å²) in [4.78, 5) is 2.08. The van der Waals surface area contributed by atoms with Crippen molar-refractivity contribution < 1.29 is 8.42 Å². The van der Waals surface area contributed by atoms with Crippen LogP contribution >= 0.6 is 11.6 Å². The zero-order valence-electron chi connectivity index (χ0n) is 12.3. The molecule has 0 aromatic heterocycles. The minimum atomic E-state index is -2.84. The van der Waals surface area contributed by atoms with Crippen molar-refractivity contribution in [3.05, 3.63) is 34.9 Å². The predicted molar refractivity (Wildman–Crippen MR) is 84.2 cm³/mol. The molecule has 2 atom stereocenters. The number of nitrogens with zero attached hydrogens (tertiary/aromatic N) is 1. The molecular weight excluding hydrogens is 294 g/mol. The number of halogens is 1. The van der Waals surface area contributed by atoms with E-state index >= 15 is 0 Å². The molecule has 1 heterocycles. The summed E-state index contributed by atoms with van der Waals surface area (Å²) >= 11 is 6.48. The normalized spacial score (nSPS) is 23.1. The van der Waals surface area contributed by atoms with Gasteiger partial charge in [-0.1, -0.05) is 18.2 Å². The van der Waals surface area contributed by atoms with Gasteiger partial charge in [-0.25, -0.2) is 8.42 Å². The molecule has 1 saturated heterocycles. The van der Waals surface area contributed by atoms with Crippen LogP contribution in [0.15, 0.2) is 18.2 Å². The minimum absolute atomic E-state index is 0.104. The molecule has 20 heavy (non-hydrogen) atoms. The van der Waals surface area contributed by atoms with Crippen LogP contribution in [0.3, 0.4) is 0 Å². The smallest absolute Gasteiger partial charge is 0.151 e. The number of aryl methyl sites for hydroxylation is 2. The molecule has 0 spiro atoms. The molecule has 1 aromatic rings. The lowest BCUT2D eigenvalue weighted by Gasteiger charge is -2.25. The molecule has 1 aliphatic rings. The first kappa shape index (κ1) is 15.8. The lowest BCUT2D eigenvalue weighted by Crippen LogP contribution is -2.34. The molecule has 0 radical (unpaired) electrons. The Balaban J connectivity index is 2.00. The lowest BCUT2D eigenvalue weighted by atomic mass is 10.0. The Morgan fingerprint density at radius 3 is 2.60 bits per heavy atom. The topological polar surface area (TPSA) is 37.4 Å². The third-order valence-electron chi connectivity index (χ3n) is 4.17. The summed E-state index contributed by atoms with van der Waals surface area (Å²) in [5, 5.41) is -0.109. The summed E-state index contributed by atoms with van der Waals surface area (Å²) in [6.07, 6.45) is 0.718. The van der Waals surface area contributed by atoms with E-state index in [-0.39, 0.29) is 17.2 Å². The maximum absolute atomic E-state index is 11.5. The van der Waals surface area contributed by atoms with E-state index in [1.54, 1.807) is 0 Å². The van der Waals surface area contributed by atoms with E-state index in [4.69, 9.17) is 11.6 Å². The van der Waals surface area contributed by atoms with Gasteiger partial charge in [-0.15, -0.1) is 11.6 Å². The van der Waals surface area contributed by atoms with Crippen molar-refractivity contribution in [2.75, 3.05) is 25.1 Å². The molecular formula is C15H22ClNO2S. The van der Waals surface area contributed by atoms with Gasteiger partial charge in [0.25, 0.3) is 0 Å². The summed E-state index contributed by atoms with van der Waals surface area (Å²) in [7, 11) is -0.878. The van der Waals surface area contributed by atoms with Crippen molar-refractivity contribution in [3.8, 4) is 0 Å². The highest BCUT2D eigenvalue weighted by Crippen LogP contribution is 2.26. The molecule has 0 N–H and O–H groups in total. The fourth-order valence-electron chi connectivity index (χ4n) is 2.59. The Morgan fingerprint density at radius 1 is 1.35 bits per heavy atom. The molecule has 1 aliphatic heterocycles. The molecule has 3 nitrogen and oxygen atoms in total. The first-order valence-electron chi connectivity index (χ1n) is 6.90. The number of rotatable bonds is 4. The van der Waals surface area contributed by atoms with Crippen molar-refractivity contribution in [3.63, 3.8) is 0 Å². The Bertz CT molecular complexity index is 586. The van der Waals surface area contributed by atoms with Crippen LogP contribution in [0.2, 0.25) is 0 Å². The van der Waals surface area contributed by atoms with E-state index in [0.29, 0.717) is 12.3 Å². The average Bonchev–Trinajstić information content (AvgIpc) is 2.73. The van der Waals surface area contributed by atoms with Gasteiger partial charge in [0.15, 0.2) is 9.84 Å². The van der Waals surface area contributed by atoms with Crippen LogP contribution in [0.5, 0.6) is 0 Å². The van der Waals surface area contributed by atoms with Gasteiger partial charge in [0.05, 0.1) is 16.9 Å². The van der Waals surface area contributed by atoms with Crippen molar-refractivity contribution in [1.82, 2.24) is 4.90 Å². The second kappa shape index (κ2) is 6.04. The SMILES string of the molecule is Cc1ccc(C(Cl)CN(C)C2CCS(=O)(=O)C2)cc1C. The van der Waals surface area contributed by atoms with Gasteiger partial charge in [0, 0.05) is 12.6 Å². The summed E-state index contributed by atoms with van der Waals surface area (Å²) in [5.41, 5.74) is 3.59. The van der Waals surface area contributed by atoms with Crippen molar-refractivity contribution in [2.45, 2.75) is 31.7 Å². The maximum Gasteiger partial charge on any atom is 0.151 e. The van der Waals surface area contributed by atoms with Crippen LogP contribution in [-0.2, 0) is 9.84 Å². The molecule has 1 aromatic carbocycles. The van der Waals surface area contributed by atoms with Crippen LogP contribution in [0.25, 0.3) is 0 Å². The molecule has 112 valence electrons. The Labute approximate surface area is 126 Å². The summed E-state index contributed by atoms with van der Waals surface area (Å²) < 4.78 is 23.0. The van der Waals surface area contributed by atoms with Crippen molar-refractivity contribution in [1.29, 1.82) is 0 Å². The van der Waals surface area contributed by atoms with Gasteiger partial charge in [-0.05, 0) is 44.0 Å². The zero-order chi connectivity index (χ0) is 14.9. The van der Waals surface area contributed by atoms with Crippen LogP contribution in [0, 0.1) is 13.8 Å². The zero-order valence-corrected chi connectivity index (χ0v) is 13.8. The molecule has 0 amide bonds. The molecule has 0 saturated carbocycles. The van der Waals surface area contributed by atoms with Crippen molar-refractivity contribution >= 4 is 21.4 Å². The molecule has 5 heteroatoms. The predicted octanol–water partition coefficient (Wildman–Crippen LogP) is 2.70. The van der Waals surface area contributed by atoms with E-state index in [0.717, 1.165) is 12.0 Å². The van der Waals surface area contributed by atoms with Crippen LogP contribution < -0.4 is 0 Å². The van der Waals surface area contributed by atoms with Gasteiger partial charge in [-0.2, -0.15) is 0 Å². The average molecular weight is 316 g/mol. The highest BCUT2D eigenvalue weighted by molar-refractivity contribution is 7.91. The molecule has 2 rings (SSSR count). The van der Waals surface area contributed by atoms with Crippen LogP contribution in [-0.4, -0.2) is 44.5 Å². The number of benzene rings is 1. The standard InChI is InChI=1S/C15H22ClNO2S/c1-11-4-5-13(8-12(11)2)15(16)9-17(3)14-6-7-20(18,19)10-14/h4-5,8,14-15H,6-7,9-10H2,1-3H3. The van der Waals surface area contributed by atoms with Crippen LogP contribution in [0.4, 0.5) is 0 Å². The fraction of sp³-hybridized carbons (Fsp3) is 0.600. The third kappa shape index (κ3) is 3.74. The Hall–Kier alpha value is -0.580. The van der Waals surface area contributed by atoms with E-state index in [9.17, 15) is 8.42 Å². The van der Waals surface area contributed by atoms with Gasteiger partial charge >= 0.3 is 0 Å². The van der Waals surface area contributed by atoms with Gasteiger partial charge < -0.3 is 4.90 Å². The quantitative estimate of drug-likeness (QED) is 0.802. The van der Waals surface area contributed by atoms with Gasteiger partial charge in [0.1, 0.15) is 0 Å². The molecule has 0 bridgehead atoms. The maximum atomic E-state index is 11.5. The van der Waals surface area contributed by atoms with E-state index in [1.165, 1.54) is 11.1 Å². The second-order valence-electron chi connectivity index (χ2n) is 5.81. The van der Waals surface area contributed by atoms with Gasteiger partial charge in [0.2, 0.25) is 0 Å². The van der Waals surface area contributed by atoms with E-state index < -0.39 is 9.84 Å². The van der Waals surface area contributed by atoms with E-state index in [2.05, 4.69) is 36.9 Å². The highest BCUT2D eigenvalue weighted by atomic mass is 35.5.